The third-order valence-corrected chi connectivity index (χ3v) is 2.51. The van der Waals surface area contributed by atoms with E-state index < -0.39 is 0 Å². The maximum Gasteiger partial charge on any atom is 0.214 e. The van der Waals surface area contributed by atoms with E-state index in [2.05, 4.69) is 31.1 Å². The van der Waals surface area contributed by atoms with Crippen molar-refractivity contribution in [3.8, 4) is 5.88 Å². The monoisotopic (exact) mass is 208 g/mol. The van der Waals surface area contributed by atoms with Crippen LogP contribution in [0.25, 0.3) is 0 Å². The second kappa shape index (κ2) is 5.59. The Balaban J connectivity index is 2.70. The minimum absolute atomic E-state index is 0.463. The van der Waals surface area contributed by atoms with Crippen molar-refractivity contribution in [2.75, 3.05) is 12.4 Å². The van der Waals surface area contributed by atoms with E-state index in [1.54, 1.807) is 7.11 Å². The van der Waals surface area contributed by atoms with Gasteiger partial charge in [0.15, 0.2) is 0 Å². The van der Waals surface area contributed by atoms with Gasteiger partial charge in [-0.15, -0.1) is 0 Å². The van der Waals surface area contributed by atoms with Crippen molar-refractivity contribution in [1.29, 1.82) is 0 Å². The Morgan fingerprint density at radius 3 is 2.67 bits per heavy atom. The van der Waals surface area contributed by atoms with Gasteiger partial charge in [0, 0.05) is 12.1 Å². The summed E-state index contributed by atoms with van der Waals surface area (Å²) in [5.41, 5.74) is 0. The molecule has 0 aliphatic carbocycles. The smallest absolute Gasteiger partial charge is 0.214 e. The van der Waals surface area contributed by atoms with E-state index >= 15 is 0 Å². The van der Waals surface area contributed by atoms with Gasteiger partial charge in [0.1, 0.15) is 5.82 Å². The molecular weight excluding hydrogens is 188 g/mol. The van der Waals surface area contributed by atoms with Crippen LogP contribution in [-0.2, 0) is 0 Å². The molecule has 1 rings (SSSR count). The van der Waals surface area contributed by atoms with Crippen molar-refractivity contribution in [2.24, 2.45) is 5.92 Å². The van der Waals surface area contributed by atoms with Crippen LogP contribution in [0.5, 0.6) is 5.88 Å². The molecule has 0 spiro atoms. The Kier molecular flexibility index (Phi) is 4.40. The topological polar surface area (TPSA) is 34.1 Å². The zero-order chi connectivity index (χ0) is 11.3. The molecule has 1 heterocycles. The summed E-state index contributed by atoms with van der Waals surface area (Å²) in [5, 5.41) is 3.41. The van der Waals surface area contributed by atoms with Crippen LogP contribution in [0.3, 0.4) is 0 Å². The Hall–Kier alpha value is -1.25. The second-order valence-electron chi connectivity index (χ2n) is 3.97. The molecule has 0 aliphatic rings. The highest BCUT2D eigenvalue weighted by atomic mass is 16.5. The number of rotatable bonds is 5. The predicted molar refractivity (Wildman–Crippen MR) is 63.3 cm³/mol. The SMILES string of the molecule is CCC(Nc1cccc(OC)n1)C(C)C. The van der Waals surface area contributed by atoms with Crippen molar-refractivity contribution in [3.63, 3.8) is 0 Å². The highest BCUT2D eigenvalue weighted by Crippen LogP contribution is 2.15. The molecule has 0 bridgehead atoms. The molecule has 1 aromatic rings. The number of pyridine rings is 1. The molecule has 3 nitrogen and oxygen atoms in total. The number of anilines is 1. The minimum Gasteiger partial charge on any atom is -0.481 e. The Morgan fingerprint density at radius 1 is 1.40 bits per heavy atom. The summed E-state index contributed by atoms with van der Waals surface area (Å²) in [6.07, 6.45) is 1.09. The van der Waals surface area contributed by atoms with E-state index in [9.17, 15) is 0 Å². The molecule has 3 heteroatoms. The minimum atomic E-state index is 0.463. The van der Waals surface area contributed by atoms with Gasteiger partial charge in [0.2, 0.25) is 5.88 Å². The molecule has 0 aliphatic heterocycles. The van der Waals surface area contributed by atoms with Crippen molar-refractivity contribution >= 4 is 5.82 Å². The van der Waals surface area contributed by atoms with Crippen LogP contribution in [0.2, 0.25) is 0 Å². The summed E-state index contributed by atoms with van der Waals surface area (Å²) in [6, 6.07) is 6.22. The lowest BCUT2D eigenvalue weighted by Crippen LogP contribution is -2.25. The molecule has 0 saturated carbocycles. The van der Waals surface area contributed by atoms with Gasteiger partial charge in [-0.1, -0.05) is 26.8 Å². The fourth-order valence-corrected chi connectivity index (χ4v) is 1.54. The number of nitrogens with zero attached hydrogens (tertiary/aromatic N) is 1. The first kappa shape index (κ1) is 11.8. The molecule has 1 N–H and O–H groups in total. The van der Waals surface area contributed by atoms with E-state index in [-0.39, 0.29) is 0 Å². The molecular formula is C12H20N2O. The number of hydrogen-bond donors (Lipinski definition) is 1. The molecule has 1 unspecified atom stereocenters. The van der Waals surface area contributed by atoms with Crippen molar-refractivity contribution in [2.45, 2.75) is 33.2 Å². The molecule has 84 valence electrons. The summed E-state index contributed by atoms with van der Waals surface area (Å²) in [6.45, 7) is 6.60. The third-order valence-electron chi connectivity index (χ3n) is 2.51. The van der Waals surface area contributed by atoms with E-state index in [0.29, 0.717) is 17.8 Å². The largest absolute Gasteiger partial charge is 0.481 e. The zero-order valence-corrected chi connectivity index (χ0v) is 9.95. The predicted octanol–water partition coefficient (Wildman–Crippen LogP) is 2.94. The maximum absolute atomic E-state index is 5.08. The quantitative estimate of drug-likeness (QED) is 0.807. The Labute approximate surface area is 91.9 Å². The van der Waals surface area contributed by atoms with E-state index in [1.807, 2.05) is 18.2 Å². The highest BCUT2D eigenvalue weighted by Gasteiger charge is 2.11. The van der Waals surface area contributed by atoms with E-state index in [4.69, 9.17) is 4.74 Å². The first-order valence-electron chi connectivity index (χ1n) is 5.45. The average molecular weight is 208 g/mol. The van der Waals surface area contributed by atoms with Crippen LogP contribution in [0.15, 0.2) is 18.2 Å². The van der Waals surface area contributed by atoms with Crippen LogP contribution in [0.4, 0.5) is 5.82 Å². The van der Waals surface area contributed by atoms with Crippen LogP contribution in [-0.4, -0.2) is 18.1 Å². The van der Waals surface area contributed by atoms with Gasteiger partial charge in [-0.3, -0.25) is 0 Å². The standard InChI is InChI=1S/C12H20N2O/c1-5-10(9(2)3)13-11-7-6-8-12(14-11)15-4/h6-10H,5H2,1-4H3,(H,13,14). The van der Waals surface area contributed by atoms with Gasteiger partial charge >= 0.3 is 0 Å². The number of methoxy groups -OCH3 is 1. The number of ether oxygens (including phenoxy) is 1. The average Bonchev–Trinajstić information content (AvgIpc) is 2.25. The number of hydrogen-bond acceptors (Lipinski definition) is 3. The molecule has 1 aromatic heterocycles. The first-order valence-corrected chi connectivity index (χ1v) is 5.45. The lowest BCUT2D eigenvalue weighted by atomic mass is 10.0. The number of aromatic nitrogens is 1. The normalized spacial score (nSPS) is 12.6. The Bertz CT molecular complexity index is 299. The maximum atomic E-state index is 5.08. The van der Waals surface area contributed by atoms with E-state index in [0.717, 1.165) is 12.2 Å². The van der Waals surface area contributed by atoms with E-state index in [1.165, 1.54) is 0 Å². The molecule has 1 atom stereocenters. The van der Waals surface area contributed by atoms with Gasteiger partial charge in [-0.2, -0.15) is 4.98 Å². The lowest BCUT2D eigenvalue weighted by molar-refractivity contribution is 0.398. The molecule has 15 heavy (non-hydrogen) atoms. The van der Waals surface area contributed by atoms with Crippen LogP contribution >= 0.6 is 0 Å². The molecule has 0 saturated heterocycles. The van der Waals surface area contributed by atoms with Gasteiger partial charge < -0.3 is 10.1 Å². The fraction of sp³-hybridized carbons (Fsp3) is 0.583. The van der Waals surface area contributed by atoms with Crippen LogP contribution in [0, 0.1) is 5.92 Å². The summed E-state index contributed by atoms with van der Waals surface area (Å²) in [4.78, 5) is 4.33. The second-order valence-corrected chi connectivity index (χ2v) is 3.97. The van der Waals surface area contributed by atoms with Gasteiger partial charge in [-0.05, 0) is 18.4 Å². The Morgan fingerprint density at radius 2 is 2.13 bits per heavy atom. The third kappa shape index (κ3) is 3.42. The molecule has 0 radical (unpaired) electrons. The van der Waals surface area contributed by atoms with Crippen molar-refractivity contribution in [3.05, 3.63) is 18.2 Å². The van der Waals surface area contributed by atoms with Crippen molar-refractivity contribution in [1.82, 2.24) is 4.98 Å². The van der Waals surface area contributed by atoms with Gasteiger partial charge in [-0.25, -0.2) is 0 Å². The molecule has 0 amide bonds. The summed E-state index contributed by atoms with van der Waals surface area (Å²) < 4.78 is 5.08. The molecule has 0 fully saturated rings. The van der Waals surface area contributed by atoms with Gasteiger partial charge in [0.05, 0.1) is 7.11 Å². The zero-order valence-electron chi connectivity index (χ0n) is 9.95. The summed E-state index contributed by atoms with van der Waals surface area (Å²) in [7, 11) is 1.63. The van der Waals surface area contributed by atoms with Crippen molar-refractivity contribution < 1.29 is 4.74 Å². The number of nitrogens with one attached hydrogen (secondary N) is 1. The molecule has 0 aromatic carbocycles. The van der Waals surface area contributed by atoms with Gasteiger partial charge in [0.25, 0.3) is 0 Å². The van der Waals surface area contributed by atoms with Crippen LogP contribution in [0.1, 0.15) is 27.2 Å². The highest BCUT2D eigenvalue weighted by molar-refractivity contribution is 5.38. The summed E-state index contributed by atoms with van der Waals surface area (Å²) in [5.74, 6) is 2.14. The first-order chi connectivity index (χ1) is 7.17. The lowest BCUT2D eigenvalue weighted by Gasteiger charge is -2.21. The fourth-order valence-electron chi connectivity index (χ4n) is 1.54. The van der Waals surface area contributed by atoms with Crippen LogP contribution < -0.4 is 10.1 Å². The summed E-state index contributed by atoms with van der Waals surface area (Å²) >= 11 is 0.